The Balaban J connectivity index is 2.90. The number of carbonyl (C=O) groups is 4. The molecule has 9 nitrogen and oxygen atoms in total. The van der Waals surface area contributed by atoms with Crippen LogP contribution >= 0.6 is 0 Å². The molecule has 2 N–H and O–H groups in total. The zero-order valence-corrected chi connectivity index (χ0v) is 21.6. The van der Waals surface area contributed by atoms with Crippen molar-refractivity contribution in [2.45, 2.75) is 85.8 Å². The van der Waals surface area contributed by atoms with Gasteiger partial charge in [-0.2, -0.15) is 0 Å². The second-order valence-corrected chi connectivity index (χ2v) is 8.73. The van der Waals surface area contributed by atoms with Crippen molar-refractivity contribution in [2.24, 2.45) is 17.6 Å². The van der Waals surface area contributed by atoms with Gasteiger partial charge < -0.3 is 24.7 Å². The zero-order chi connectivity index (χ0) is 26.5. The maximum atomic E-state index is 12.4. The minimum atomic E-state index is -1.000. The Bertz CT molecular complexity index is 869. The maximum Gasteiger partial charge on any atom is 0.323 e. The van der Waals surface area contributed by atoms with E-state index in [0.717, 1.165) is 0 Å². The lowest BCUT2D eigenvalue weighted by molar-refractivity contribution is -0.158. The molecule has 0 radical (unpaired) electrons. The molecule has 0 aliphatic rings. The van der Waals surface area contributed by atoms with Crippen LogP contribution in [-0.2, 0) is 35.1 Å². The lowest BCUT2D eigenvalue weighted by Crippen LogP contribution is -2.36. The molecule has 0 heterocycles. The molecule has 0 saturated heterocycles. The first-order valence-corrected chi connectivity index (χ1v) is 12.2. The summed E-state index contributed by atoms with van der Waals surface area (Å²) in [7, 11) is 0. The second kappa shape index (κ2) is 15.1. The molecule has 196 valence electrons. The molecule has 35 heavy (non-hydrogen) atoms. The van der Waals surface area contributed by atoms with E-state index in [1.807, 2.05) is 20.8 Å². The molecule has 0 aromatic heterocycles. The van der Waals surface area contributed by atoms with Crippen molar-refractivity contribution in [3.8, 4) is 11.5 Å². The van der Waals surface area contributed by atoms with Crippen LogP contribution in [0.15, 0.2) is 18.2 Å². The van der Waals surface area contributed by atoms with E-state index in [-0.39, 0.29) is 42.3 Å². The predicted molar refractivity (Wildman–Crippen MR) is 130 cm³/mol. The molecular weight excluding hydrogens is 454 g/mol. The van der Waals surface area contributed by atoms with Crippen molar-refractivity contribution in [3.63, 3.8) is 0 Å². The topological polar surface area (TPSA) is 131 Å². The number of hydrogen-bond donors (Lipinski definition) is 1. The van der Waals surface area contributed by atoms with E-state index in [4.69, 9.17) is 24.7 Å². The van der Waals surface area contributed by atoms with Crippen molar-refractivity contribution in [1.29, 1.82) is 0 Å². The molecule has 0 fully saturated rings. The normalized spacial score (nSPS) is 14.3. The Morgan fingerprint density at radius 1 is 0.857 bits per heavy atom. The summed E-state index contributed by atoms with van der Waals surface area (Å²) in [5.74, 6) is -2.36. The Labute approximate surface area is 207 Å². The number of esters is 4. The summed E-state index contributed by atoms with van der Waals surface area (Å²) < 4.78 is 21.3. The highest BCUT2D eigenvalue weighted by atomic mass is 16.6. The molecule has 0 saturated carbocycles. The lowest BCUT2D eigenvalue weighted by atomic mass is 10.1. The smallest absolute Gasteiger partial charge is 0.323 e. The van der Waals surface area contributed by atoms with E-state index in [1.54, 1.807) is 26.8 Å². The standard InChI is InChI=1S/C26H39NO8/c1-7-10-23(28)33-18(6)15-32-26(31)20(27)13-19-11-12-21(34-24(29)16(4)8-2)22(14-19)35-25(30)17(5)9-3/h11-12,14,16-18,20H,7-10,13,15,27H2,1-6H3/t16?,17?,18-,20-/m0/s1. The largest absolute Gasteiger partial charge is 0.461 e. The molecule has 1 rings (SSSR count). The van der Waals surface area contributed by atoms with Crippen LogP contribution in [-0.4, -0.2) is 42.6 Å². The van der Waals surface area contributed by atoms with Crippen molar-refractivity contribution in [2.75, 3.05) is 6.61 Å². The van der Waals surface area contributed by atoms with E-state index in [2.05, 4.69) is 0 Å². The summed E-state index contributed by atoms with van der Waals surface area (Å²) in [6, 6.07) is 3.69. The van der Waals surface area contributed by atoms with Gasteiger partial charge in [0.25, 0.3) is 0 Å². The molecule has 0 aliphatic heterocycles. The SMILES string of the molecule is CCCC(=O)O[C@@H](C)COC(=O)[C@@H](N)Cc1ccc(OC(=O)C(C)CC)c(OC(=O)C(C)CC)c1. The van der Waals surface area contributed by atoms with Crippen LogP contribution in [0.5, 0.6) is 11.5 Å². The first-order valence-electron chi connectivity index (χ1n) is 12.2. The zero-order valence-electron chi connectivity index (χ0n) is 21.6. The Morgan fingerprint density at radius 3 is 1.97 bits per heavy atom. The molecule has 0 bridgehead atoms. The number of hydrogen-bond acceptors (Lipinski definition) is 9. The van der Waals surface area contributed by atoms with Crippen molar-refractivity contribution in [1.82, 2.24) is 0 Å². The first-order chi connectivity index (χ1) is 16.5. The van der Waals surface area contributed by atoms with Crippen LogP contribution in [0.1, 0.15) is 72.8 Å². The summed E-state index contributed by atoms with van der Waals surface area (Å²) in [6.07, 6.45) is 1.66. The fourth-order valence-corrected chi connectivity index (χ4v) is 2.76. The summed E-state index contributed by atoms with van der Waals surface area (Å²) in [5.41, 5.74) is 6.60. The summed E-state index contributed by atoms with van der Waals surface area (Å²) in [4.78, 5) is 48.5. The van der Waals surface area contributed by atoms with E-state index in [0.29, 0.717) is 31.2 Å². The van der Waals surface area contributed by atoms with E-state index in [9.17, 15) is 19.2 Å². The van der Waals surface area contributed by atoms with E-state index >= 15 is 0 Å². The van der Waals surface area contributed by atoms with Crippen molar-refractivity contribution in [3.05, 3.63) is 23.8 Å². The Morgan fingerprint density at radius 2 is 1.43 bits per heavy atom. The van der Waals surface area contributed by atoms with Crippen LogP contribution in [0, 0.1) is 11.8 Å². The third-order valence-corrected chi connectivity index (χ3v) is 5.46. The maximum absolute atomic E-state index is 12.4. The van der Waals surface area contributed by atoms with Gasteiger partial charge in [0, 0.05) is 6.42 Å². The van der Waals surface area contributed by atoms with Gasteiger partial charge in [0.15, 0.2) is 11.5 Å². The average molecular weight is 494 g/mol. The number of ether oxygens (including phenoxy) is 4. The summed E-state index contributed by atoms with van der Waals surface area (Å²) >= 11 is 0. The van der Waals surface area contributed by atoms with Gasteiger partial charge in [-0.05, 0) is 50.3 Å². The number of nitrogens with two attached hydrogens (primary N) is 1. The molecule has 0 spiro atoms. The van der Waals surface area contributed by atoms with Crippen molar-refractivity contribution >= 4 is 23.9 Å². The van der Waals surface area contributed by atoms with Gasteiger partial charge in [-0.25, -0.2) is 0 Å². The summed E-state index contributed by atoms with van der Waals surface area (Å²) in [6.45, 7) is 10.6. The van der Waals surface area contributed by atoms with E-state index in [1.165, 1.54) is 12.1 Å². The second-order valence-electron chi connectivity index (χ2n) is 8.73. The van der Waals surface area contributed by atoms with Gasteiger partial charge in [-0.3, -0.25) is 19.2 Å². The van der Waals surface area contributed by atoms with Crippen LogP contribution in [0.4, 0.5) is 0 Å². The van der Waals surface area contributed by atoms with Crippen LogP contribution in [0.2, 0.25) is 0 Å². The molecule has 4 atom stereocenters. The quantitative estimate of drug-likeness (QED) is 0.304. The number of benzene rings is 1. The van der Waals surface area contributed by atoms with E-state index < -0.39 is 30.1 Å². The lowest BCUT2D eigenvalue weighted by Gasteiger charge is -2.17. The van der Waals surface area contributed by atoms with Crippen molar-refractivity contribution < 1.29 is 38.1 Å². The molecule has 0 amide bonds. The Kier molecular flexibility index (Phi) is 13.0. The van der Waals surface area contributed by atoms with Gasteiger partial charge in [0.05, 0.1) is 11.8 Å². The van der Waals surface area contributed by atoms with Crippen LogP contribution in [0.25, 0.3) is 0 Å². The highest BCUT2D eigenvalue weighted by Gasteiger charge is 2.22. The third-order valence-electron chi connectivity index (χ3n) is 5.46. The molecule has 1 aromatic rings. The van der Waals surface area contributed by atoms with Crippen LogP contribution in [0.3, 0.4) is 0 Å². The van der Waals surface area contributed by atoms with Gasteiger partial charge in [-0.15, -0.1) is 0 Å². The molecule has 9 heteroatoms. The van der Waals surface area contributed by atoms with Gasteiger partial charge in [-0.1, -0.05) is 40.7 Å². The highest BCUT2D eigenvalue weighted by molar-refractivity contribution is 5.79. The fraction of sp³-hybridized carbons (Fsp3) is 0.615. The van der Waals surface area contributed by atoms with Gasteiger partial charge in [0.1, 0.15) is 18.8 Å². The van der Waals surface area contributed by atoms with Crippen LogP contribution < -0.4 is 15.2 Å². The van der Waals surface area contributed by atoms with Gasteiger partial charge >= 0.3 is 23.9 Å². The van der Waals surface area contributed by atoms with Gasteiger partial charge in [0.2, 0.25) is 0 Å². The first kappa shape index (κ1) is 30.1. The molecule has 1 aromatic carbocycles. The average Bonchev–Trinajstić information content (AvgIpc) is 2.82. The third kappa shape index (κ3) is 10.5. The Hall–Kier alpha value is -2.94. The minimum absolute atomic E-state index is 0.0847. The predicted octanol–water partition coefficient (Wildman–Crippen LogP) is 3.73. The molecular formula is C26H39NO8. The number of carbonyl (C=O) groups excluding carboxylic acids is 4. The molecule has 0 aliphatic carbocycles. The monoisotopic (exact) mass is 493 g/mol. The highest BCUT2D eigenvalue weighted by Crippen LogP contribution is 2.31. The minimum Gasteiger partial charge on any atom is -0.461 e. The fourth-order valence-electron chi connectivity index (χ4n) is 2.76. The summed E-state index contributed by atoms with van der Waals surface area (Å²) in [5, 5.41) is 0. The number of rotatable bonds is 14. The molecule has 2 unspecified atom stereocenters.